The second kappa shape index (κ2) is 3.38. The first-order valence-corrected chi connectivity index (χ1v) is 4.69. The molecule has 2 heteroatoms. The van der Waals surface area contributed by atoms with E-state index in [1.165, 1.54) is 16.7 Å². The number of aryl methyl sites for hydroxylation is 1. The number of benzene rings is 1. The lowest BCUT2D eigenvalue weighted by Gasteiger charge is -2.20. The number of nitrogens with one attached hydrogen (secondary N) is 1. The van der Waals surface area contributed by atoms with E-state index in [2.05, 4.69) is 24.4 Å². The minimum Gasteiger partial charge on any atom is -0.496 e. The largest absolute Gasteiger partial charge is 0.496 e. The van der Waals surface area contributed by atoms with Gasteiger partial charge in [-0.25, -0.2) is 0 Å². The quantitative estimate of drug-likeness (QED) is 0.704. The van der Waals surface area contributed by atoms with E-state index in [1.807, 2.05) is 0 Å². The first-order valence-electron chi connectivity index (χ1n) is 4.69. The minimum absolute atomic E-state index is 0.945. The average Bonchev–Trinajstić information content (AvgIpc) is 2.18. The second-order valence-electron chi connectivity index (χ2n) is 3.48. The Morgan fingerprint density at radius 2 is 2.23 bits per heavy atom. The summed E-state index contributed by atoms with van der Waals surface area (Å²) in [5, 5.41) is 3.36. The highest BCUT2D eigenvalue weighted by atomic mass is 16.5. The highest BCUT2D eigenvalue weighted by Gasteiger charge is 2.14. The van der Waals surface area contributed by atoms with Gasteiger partial charge in [-0.2, -0.15) is 0 Å². The Kier molecular flexibility index (Phi) is 2.23. The van der Waals surface area contributed by atoms with Gasteiger partial charge in [0.1, 0.15) is 5.75 Å². The average molecular weight is 177 g/mol. The van der Waals surface area contributed by atoms with Gasteiger partial charge in [0.2, 0.25) is 0 Å². The Balaban J connectivity index is 2.52. The van der Waals surface area contributed by atoms with Gasteiger partial charge in [-0.3, -0.25) is 0 Å². The van der Waals surface area contributed by atoms with E-state index in [-0.39, 0.29) is 0 Å². The van der Waals surface area contributed by atoms with E-state index in [4.69, 9.17) is 4.74 Å². The van der Waals surface area contributed by atoms with Gasteiger partial charge in [0, 0.05) is 12.1 Å². The lowest BCUT2D eigenvalue weighted by molar-refractivity contribution is 0.401. The number of methoxy groups -OCH3 is 1. The van der Waals surface area contributed by atoms with E-state index >= 15 is 0 Å². The maximum atomic E-state index is 5.40. The molecule has 0 spiro atoms. The molecule has 1 aromatic rings. The highest BCUT2D eigenvalue weighted by Crippen LogP contribution is 2.28. The molecule has 0 fully saturated rings. The van der Waals surface area contributed by atoms with Crippen LogP contribution in [0.15, 0.2) is 12.1 Å². The van der Waals surface area contributed by atoms with Crippen molar-refractivity contribution in [2.75, 3.05) is 13.7 Å². The van der Waals surface area contributed by atoms with Crippen molar-refractivity contribution in [3.05, 3.63) is 28.8 Å². The Hall–Kier alpha value is -1.02. The van der Waals surface area contributed by atoms with Crippen LogP contribution < -0.4 is 10.1 Å². The predicted molar refractivity (Wildman–Crippen MR) is 53.1 cm³/mol. The molecule has 70 valence electrons. The molecule has 1 heterocycles. The Bertz CT molecular complexity index is 320. The normalized spacial score (nSPS) is 15.2. The summed E-state index contributed by atoms with van der Waals surface area (Å²) in [7, 11) is 1.75. The molecular formula is C11H15NO. The van der Waals surface area contributed by atoms with Crippen molar-refractivity contribution in [1.29, 1.82) is 0 Å². The van der Waals surface area contributed by atoms with Gasteiger partial charge in [0.15, 0.2) is 0 Å². The number of hydrogen-bond donors (Lipinski definition) is 1. The van der Waals surface area contributed by atoms with Crippen LogP contribution in [0.1, 0.15) is 16.7 Å². The van der Waals surface area contributed by atoms with Crippen LogP contribution in [-0.4, -0.2) is 13.7 Å². The summed E-state index contributed by atoms with van der Waals surface area (Å²) >= 11 is 0. The summed E-state index contributed by atoms with van der Waals surface area (Å²) in [6.07, 6.45) is 1.12. The number of fused-ring (bicyclic) bond motifs is 1. The van der Waals surface area contributed by atoms with E-state index < -0.39 is 0 Å². The van der Waals surface area contributed by atoms with Crippen molar-refractivity contribution in [3.8, 4) is 5.75 Å². The number of rotatable bonds is 1. The maximum absolute atomic E-state index is 5.40. The lowest BCUT2D eigenvalue weighted by Crippen LogP contribution is -2.24. The van der Waals surface area contributed by atoms with E-state index in [1.54, 1.807) is 7.11 Å². The molecule has 1 aromatic carbocycles. The molecule has 0 bridgehead atoms. The Morgan fingerprint density at radius 3 is 3.00 bits per heavy atom. The molecular weight excluding hydrogens is 162 g/mol. The van der Waals surface area contributed by atoms with Crippen LogP contribution in [0, 0.1) is 6.92 Å². The molecule has 0 saturated carbocycles. The van der Waals surface area contributed by atoms with Crippen molar-refractivity contribution in [1.82, 2.24) is 5.32 Å². The topological polar surface area (TPSA) is 21.3 Å². The summed E-state index contributed by atoms with van der Waals surface area (Å²) in [5.74, 6) is 1.06. The zero-order valence-electron chi connectivity index (χ0n) is 8.18. The zero-order chi connectivity index (χ0) is 9.26. The highest BCUT2D eigenvalue weighted by molar-refractivity contribution is 5.46. The fraction of sp³-hybridized carbons (Fsp3) is 0.455. The Labute approximate surface area is 78.9 Å². The van der Waals surface area contributed by atoms with E-state index in [9.17, 15) is 0 Å². The second-order valence-corrected chi connectivity index (χ2v) is 3.48. The van der Waals surface area contributed by atoms with E-state index in [0.717, 1.165) is 25.3 Å². The third-order valence-electron chi connectivity index (χ3n) is 2.63. The number of hydrogen-bond acceptors (Lipinski definition) is 2. The zero-order valence-corrected chi connectivity index (χ0v) is 8.18. The molecule has 0 atom stereocenters. The first kappa shape index (κ1) is 8.57. The van der Waals surface area contributed by atoms with Gasteiger partial charge < -0.3 is 10.1 Å². The summed E-state index contributed by atoms with van der Waals surface area (Å²) in [6.45, 7) is 4.12. The van der Waals surface area contributed by atoms with Gasteiger partial charge in [0.25, 0.3) is 0 Å². The van der Waals surface area contributed by atoms with Gasteiger partial charge in [-0.1, -0.05) is 12.1 Å². The predicted octanol–water partition coefficient (Wildman–Crippen LogP) is 1.65. The molecule has 0 aromatic heterocycles. The summed E-state index contributed by atoms with van der Waals surface area (Å²) in [4.78, 5) is 0. The van der Waals surface area contributed by atoms with Gasteiger partial charge >= 0.3 is 0 Å². The lowest BCUT2D eigenvalue weighted by atomic mass is 9.97. The van der Waals surface area contributed by atoms with Crippen molar-refractivity contribution in [3.63, 3.8) is 0 Å². The van der Waals surface area contributed by atoms with Crippen molar-refractivity contribution in [2.45, 2.75) is 19.9 Å². The van der Waals surface area contributed by atoms with Crippen LogP contribution in [-0.2, 0) is 13.0 Å². The van der Waals surface area contributed by atoms with Gasteiger partial charge in [-0.15, -0.1) is 0 Å². The number of ether oxygens (including phenoxy) is 1. The van der Waals surface area contributed by atoms with E-state index in [0.29, 0.717) is 0 Å². The molecule has 0 radical (unpaired) electrons. The summed E-state index contributed by atoms with van der Waals surface area (Å²) < 4.78 is 5.40. The maximum Gasteiger partial charge on any atom is 0.126 e. The molecule has 0 amide bonds. The molecule has 2 nitrogen and oxygen atoms in total. The smallest absolute Gasteiger partial charge is 0.126 e. The van der Waals surface area contributed by atoms with Gasteiger partial charge in [0.05, 0.1) is 7.11 Å². The van der Waals surface area contributed by atoms with Crippen LogP contribution in [0.2, 0.25) is 0 Å². The monoisotopic (exact) mass is 177 g/mol. The molecule has 13 heavy (non-hydrogen) atoms. The van der Waals surface area contributed by atoms with Gasteiger partial charge in [-0.05, 0) is 31.0 Å². The minimum atomic E-state index is 0.945. The molecule has 1 N–H and O–H groups in total. The van der Waals surface area contributed by atoms with Crippen LogP contribution in [0.4, 0.5) is 0 Å². The van der Waals surface area contributed by atoms with Crippen LogP contribution in [0.5, 0.6) is 5.75 Å². The molecule has 2 rings (SSSR count). The molecule has 0 unspecified atom stereocenters. The fourth-order valence-corrected chi connectivity index (χ4v) is 1.93. The summed E-state index contributed by atoms with van der Waals surface area (Å²) in [6, 6.07) is 4.36. The van der Waals surface area contributed by atoms with Crippen LogP contribution in [0.3, 0.4) is 0 Å². The van der Waals surface area contributed by atoms with Crippen molar-refractivity contribution >= 4 is 0 Å². The molecule has 1 aliphatic heterocycles. The molecule has 1 aliphatic rings. The standard InChI is InChI=1S/C11H15NO/c1-8-3-4-9-5-6-12-7-10(9)11(8)13-2/h3-4,12H,5-7H2,1-2H3. The summed E-state index contributed by atoms with van der Waals surface area (Å²) in [5.41, 5.74) is 4.00. The Morgan fingerprint density at radius 1 is 1.38 bits per heavy atom. The fourth-order valence-electron chi connectivity index (χ4n) is 1.93. The van der Waals surface area contributed by atoms with Crippen LogP contribution in [0.25, 0.3) is 0 Å². The van der Waals surface area contributed by atoms with Crippen LogP contribution >= 0.6 is 0 Å². The van der Waals surface area contributed by atoms with Crippen molar-refractivity contribution < 1.29 is 4.74 Å². The van der Waals surface area contributed by atoms with Crippen molar-refractivity contribution in [2.24, 2.45) is 0 Å². The SMILES string of the molecule is COc1c(C)ccc2c1CNCC2. The third kappa shape index (κ3) is 1.42. The first-order chi connectivity index (χ1) is 6.33. The molecule has 0 aliphatic carbocycles. The molecule has 0 saturated heterocycles. The third-order valence-corrected chi connectivity index (χ3v) is 2.63.